The van der Waals surface area contributed by atoms with Gasteiger partial charge in [0.15, 0.2) is 11.6 Å². The van der Waals surface area contributed by atoms with Gasteiger partial charge in [-0.15, -0.1) is 0 Å². The van der Waals surface area contributed by atoms with Crippen molar-refractivity contribution in [3.63, 3.8) is 0 Å². The first kappa shape index (κ1) is 15.5. The highest BCUT2D eigenvalue weighted by molar-refractivity contribution is 5.97. The number of hydrogen-bond donors (Lipinski definition) is 0. The van der Waals surface area contributed by atoms with Gasteiger partial charge in [0, 0.05) is 6.42 Å². The second-order valence-corrected chi connectivity index (χ2v) is 5.44. The molecule has 23 heavy (non-hydrogen) atoms. The van der Waals surface area contributed by atoms with Gasteiger partial charge in [-0.2, -0.15) is 0 Å². The third-order valence-electron chi connectivity index (χ3n) is 3.92. The molecule has 2 aromatic rings. The fourth-order valence-electron chi connectivity index (χ4n) is 2.53. The Morgan fingerprint density at radius 1 is 1.13 bits per heavy atom. The molecule has 1 unspecified atom stereocenters. The molecule has 0 radical (unpaired) electrons. The Morgan fingerprint density at radius 3 is 2.22 bits per heavy atom. The lowest BCUT2D eigenvalue weighted by molar-refractivity contribution is 0.0601. The maximum Gasteiger partial charge on any atom is 0.338 e. The van der Waals surface area contributed by atoms with Crippen molar-refractivity contribution in [2.24, 2.45) is 0 Å². The molecule has 1 saturated carbocycles. The molecule has 1 fully saturated rings. The monoisotopic (exact) mass is 324 g/mol. The predicted octanol–water partition coefficient (Wildman–Crippen LogP) is 4.54. The lowest BCUT2D eigenvalue weighted by Gasteiger charge is -2.10. The van der Waals surface area contributed by atoms with Crippen LogP contribution in [-0.2, 0) is 4.74 Å². The Kier molecular flexibility index (Phi) is 3.62. The van der Waals surface area contributed by atoms with E-state index in [1.165, 1.54) is 24.3 Å². The first-order chi connectivity index (χ1) is 10.8. The van der Waals surface area contributed by atoms with Crippen molar-refractivity contribution in [3.8, 4) is 11.1 Å². The fraction of sp³-hybridized carbons (Fsp3) is 0.235. The van der Waals surface area contributed by atoms with E-state index in [0.29, 0.717) is 11.1 Å². The predicted molar refractivity (Wildman–Crippen MR) is 75.4 cm³/mol. The van der Waals surface area contributed by atoms with E-state index >= 15 is 0 Å². The van der Waals surface area contributed by atoms with Crippen LogP contribution < -0.4 is 0 Å². The number of carbonyl (C=O) groups is 1. The van der Waals surface area contributed by atoms with Crippen LogP contribution in [0.2, 0.25) is 0 Å². The lowest BCUT2D eigenvalue weighted by atomic mass is 9.97. The second-order valence-electron chi connectivity index (χ2n) is 5.44. The van der Waals surface area contributed by atoms with Gasteiger partial charge in [-0.1, -0.05) is 24.3 Å². The van der Waals surface area contributed by atoms with Crippen LogP contribution in [0.15, 0.2) is 36.4 Å². The van der Waals surface area contributed by atoms with Gasteiger partial charge in [0.1, 0.15) is 0 Å². The number of carbonyl (C=O) groups excluding carboxylic acids is 1. The summed E-state index contributed by atoms with van der Waals surface area (Å²) in [6.07, 6.45) is -0.190. The summed E-state index contributed by atoms with van der Waals surface area (Å²) in [7, 11) is 1.13. The Balaban J connectivity index is 2.01. The summed E-state index contributed by atoms with van der Waals surface area (Å²) < 4.78 is 57.6. The van der Waals surface area contributed by atoms with Crippen LogP contribution in [0, 0.1) is 11.6 Å². The summed E-state index contributed by atoms with van der Waals surface area (Å²) in [6, 6.07) is 7.67. The molecule has 0 spiro atoms. The standard InChI is InChI=1S/C17H12F4O2/c1-23-16(22)12-7-15(19)14(18)6-11(12)9-2-4-10(5-3-9)13-8-17(13,20)21/h2-7,13H,8H2,1H3. The van der Waals surface area contributed by atoms with E-state index in [9.17, 15) is 22.4 Å². The number of rotatable bonds is 3. The van der Waals surface area contributed by atoms with Crippen molar-refractivity contribution in [3.05, 3.63) is 59.2 Å². The maximum atomic E-state index is 13.5. The van der Waals surface area contributed by atoms with Crippen LogP contribution >= 0.6 is 0 Å². The lowest BCUT2D eigenvalue weighted by Crippen LogP contribution is -2.05. The first-order valence-electron chi connectivity index (χ1n) is 6.89. The summed E-state index contributed by atoms with van der Waals surface area (Å²) in [5.41, 5.74) is 0.902. The van der Waals surface area contributed by atoms with E-state index in [0.717, 1.165) is 19.2 Å². The van der Waals surface area contributed by atoms with E-state index in [2.05, 4.69) is 4.74 Å². The molecule has 0 bridgehead atoms. The Bertz CT molecular complexity index is 769. The number of halogens is 4. The molecule has 0 saturated heterocycles. The van der Waals surface area contributed by atoms with Crippen LogP contribution in [0.25, 0.3) is 11.1 Å². The summed E-state index contributed by atoms with van der Waals surface area (Å²) in [5.74, 6) is -6.56. The van der Waals surface area contributed by atoms with Crippen molar-refractivity contribution in [1.82, 2.24) is 0 Å². The van der Waals surface area contributed by atoms with Crippen molar-refractivity contribution in [1.29, 1.82) is 0 Å². The molecule has 3 rings (SSSR count). The Morgan fingerprint density at radius 2 is 1.70 bits per heavy atom. The Labute approximate surface area is 129 Å². The van der Waals surface area contributed by atoms with Crippen LogP contribution in [0.3, 0.4) is 0 Å². The highest BCUT2D eigenvalue weighted by Gasteiger charge is 2.57. The molecule has 120 valence electrons. The summed E-state index contributed by atoms with van der Waals surface area (Å²) in [5, 5.41) is 0. The zero-order valence-electron chi connectivity index (χ0n) is 12.1. The fourth-order valence-corrected chi connectivity index (χ4v) is 2.53. The van der Waals surface area contributed by atoms with Gasteiger partial charge in [-0.3, -0.25) is 0 Å². The molecule has 1 aliphatic carbocycles. The molecular formula is C17H12F4O2. The average molecular weight is 324 g/mol. The zero-order valence-corrected chi connectivity index (χ0v) is 12.1. The largest absolute Gasteiger partial charge is 0.465 e. The number of alkyl halides is 2. The van der Waals surface area contributed by atoms with Gasteiger partial charge in [0.05, 0.1) is 18.6 Å². The highest BCUT2D eigenvalue weighted by atomic mass is 19.3. The summed E-state index contributed by atoms with van der Waals surface area (Å²) in [6.45, 7) is 0. The van der Waals surface area contributed by atoms with Gasteiger partial charge < -0.3 is 4.74 Å². The van der Waals surface area contributed by atoms with Gasteiger partial charge in [0.25, 0.3) is 5.92 Å². The van der Waals surface area contributed by atoms with Crippen molar-refractivity contribution >= 4 is 5.97 Å². The number of ether oxygens (including phenoxy) is 1. The van der Waals surface area contributed by atoms with Crippen LogP contribution in [0.1, 0.15) is 28.3 Å². The third-order valence-corrected chi connectivity index (χ3v) is 3.92. The first-order valence-corrected chi connectivity index (χ1v) is 6.89. The third kappa shape index (κ3) is 2.81. The SMILES string of the molecule is COC(=O)c1cc(F)c(F)cc1-c1ccc(C2CC2(F)F)cc1. The Hall–Kier alpha value is -2.37. The molecule has 6 heteroatoms. The molecular weight excluding hydrogens is 312 g/mol. The van der Waals surface area contributed by atoms with Crippen molar-refractivity contribution < 1.29 is 27.1 Å². The molecule has 0 heterocycles. The minimum atomic E-state index is -2.68. The average Bonchev–Trinajstić information content (AvgIpc) is 3.17. The quantitative estimate of drug-likeness (QED) is 0.612. The van der Waals surface area contributed by atoms with Gasteiger partial charge in [-0.25, -0.2) is 22.4 Å². The van der Waals surface area contributed by atoms with Crippen LogP contribution in [-0.4, -0.2) is 19.0 Å². The van der Waals surface area contributed by atoms with Crippen LogP contribution in [0.4, 0.5) is 17.6 Å². The normalized spacial score (nSPS) is 18.6. The summed E-state index contributed by atoms with van der Waals surface area (Å²) >= 11 is 0. The summed E-state index contributed by atoms with van der Waals surface area (Å²) in [4.78, 5) is 11.7. The molecule has 0 amide bonds. The van der Waals surface area contributed by atoms with Crippen LogP contribution in [0.5, 0.6) is 0 Å². The van der Waals surface area contributed by atoms with Gasteiger partial charge in [0.2, 0.25) is 0 Å². The maximum absolute atomic E-state index is 13.5. The topological polar surface area (TPSA) is 26.3 Å². The van der Waals surface area contributed by atoms with Gasteiger partial charge in [-0.05, 0) is 28.8 Å². The molecule has 1 aliphatic rings. The van der Waals surface area contributed by atoms with Crippen molar-refractivity contribution in [2.45, 2.75) is 18.3 Å². The van der Waals surface area contributed by atoms with E-state index in [4.69, 9.17) is 0 Å². The smallest absolute Gasteiger partial charge is 0.338 e. The van der Waals surface area contributed by atoms with Crippen molar-refractivity contribution in [2.75, 3.05) is 7.11 Å². The minimum absolute atomic E-state index is 0.129. The highest BCUT2D eigenvalue weighted by Crippen LogP contribution is 2.55. The molecule has 2 aromatic carbocycles. The van der Waals surface area contributed by atoms with E-state index < -0.39 is 29.4 Å². The minimum Gasteiger partial charge on any atom is -0.465 e. The zero-order chi connectivity index (χ0) is 16.8. The number of esters is 1. The molecule has 2 nitrogen and oxygen atoms in total. The number of methoxy groups -OCH3 is 1. The molecule has 0 aromatic heterocycles. The van der Waals surface area contributed by atoms with Gasteiger partial charge >= 0.3 is 5.97 Å². The van der Waals surface area contributed by atoms with E-state index in [1.54, 1.807) is 0 Å². The number of benzene rings is 2. The number of hydrogen-bond acceptors (Lipinski definition) is 2. The molecule has 1 atom stereocenters. The molecule has 0 N–H and O–H groups in total. The molecule has 0 aliphatic heterocycles. The second kappa shape index (κ2) is 5.37. The van der Waals surface area contributed by atoms with E-state index in [1.807, 2.05) is 0 Å². The van der Waals surface area contributed by atoms with E-state index in [-0.39, 0.29) is 17.5 Å².